The molecule has 6 N–H and O–H groups in total. The van der Waals surface area contributed by atoms with E-state index in [1.165, 1.54) is 55.9 Å². The molecule has 0 saturated heterocycles. The highest BCUT2D eigenvalue weighted by Crippen LogP contribution is 2.33. The van der Waals surface area contributed by atoms with Crippen molar-refractivity contribution in [2.45, 2.75) is 57.9 Å². The molecule has 0 spiro atoms. The molecule has 1 aliphatic carbocycles. The number of amides is 3. The molecule has 2 aromatic rings. The molecule has 3 amide bonds. The average Bonchev–Trinajstić information content (AvgIpc) is 2.79. The summed E-state index contributed by atoms with van der Waals surface area (Å²) in [4.78, 5) is 35.6. The maximum Gasteiger partial charge on any atom is 0.248 e. The van der Waals surface area contributed by atoms with Crippen LogP contribution in [0.25, 0.3) is 0 Å². The van der Waals surface area contributed by atoms with Crippen LogP contribution in [0.4, 0.5) is 5.69 Å². The first-order valence-electron chi connectivity index (χ1n) is 11.6. The summed E-state index contributed by atoms with van der Waals surface area (Å²) in [5.74, 6) is -0.772. The van der Waals surface area contributed by atoms with Crippen LogP contribution in [0.5, 0.6) is 0 Å². The van der Waals surface area contributed by atoms with Gasteiger partial charge >= 0.3 is 0 Å². The fourth-order valence-electron chi connectivity index (χ4n) is 4.54. The summed E-state index contributed by atoms with van der Waals surface area (Å²) in [6, 6.07) is 12.9. The van der Waals surface area contributed by atoms with E-state index in [0.717, 1.165) is 5.56 Å². The molecule has 7 nitrogen and oxygen atoms in total. The smallest absolute Gasteiger partial charge is 0.248 e. The molecule has 0 aliphatic heterocycles. The van der Waals surface area contributed by atoms with Crippen molar-refractivity contribution in [1.29, 1.82) is 0 Å². The Morgan fingerprint density at radius 3 is 2.00 bits per heavy atom. The van der Waals surface area contributed by atoms with Crippen molar-refractivity contribution < 1.29 is 14.4 Å². The zero-order chi connectivity index (χ0) is 24.0. The van der Waals surface area contributed by atoms with Gasteiger partial charge in [-0.25, -0.2) is 0 Å². The molecule has 1 aliphatic rings. The Morgan fingerprint density at radius 2 is 1.48 bits per heavy atom. The van der Waals surface area contributed by atoms with Crippen LogP contribution in [0.3, 0.4) is 0 Å². The van der Waals surface area contributed by atoms with Crippen molar-refractivity contribution in [3.63, 3.8) is 0 Å². The predicted molar refractivity (Wildman–Crippen MR) is 130 cm³/mol. The molecular formula is C26H34N4O3. The maximum atomic E-state index is 12.6. The highest BCUT2D eigenvalue weighted by molar-refractivity contribution is 6.01. The van der Waals surface area contributed by atoms with Gasteiger partial charge in [0.2, 0.25) is 17.7 Å². The highest BCUT2D eigenvalue weighted by atomic mass is 16.2. The SMILES string of the molecule is CC(C)[C@H](NCC(=O)Nc1cc(C(N)=O)cc(C(N)=O)c1)c1ccc(C2CCCCC2)cc1. The first-order valence-corrected chi connectivity index (χ1v) is 11.6. The van der Waals surface area contributed by atoms with Crippen molar-refractivity contribution in [3.05, 3.63) is 64.7 Å². The molecule has 0 aromatic heterocycles. The fourth-order valence-corrected chi connectivity index (χ4v) is 4.54. The van der Waals surface area contributed by atoms with Gasteiger partial charge in [0, 0.05) is 22.9 Å². The quantitative estimate of drug-likeness (QED) is 0.462. The minimum absolute atomic E-state index is 0.00860. The number of hydrogen-bond donors (Lipinski definition) is 4. The Hall–Kier alpha value is -3.19. The zero-order valence-electron chi connectivity index (χ0n) is 19.4. The lowest BCUT2D eigenvalue weighted by atomic mass is 9.83. The van der Waals surface area contributed by atoms with Crippen molar-refractivity contribution in [2.75, 3.05) is 11.9 Å². The molecular weight excluding hydrogens is 416 g/mol. The van der Waals surface area contributed by atoms with E-state index in [0.29, 0.717) is 11.6 Å². The number of nitrogens with one attached hydrogen (secondary N) is 2. The minimum Gasteiger partial charge on any atom is -0.366 e. The van der Waals surface area contributed by atoms with E-state index < -0.39 is 11.8 Å². The minimum atomic E-state index is -0.705. The molecule has 0 bridgehead atoms. The van der Waals surface area contributed by atoms with Crippen molar-refractivity contribution in [2.24, 2.45) is 17.4 Å². The van der Waals surface area contributed by atoms with Crippen LogP contribution in [-0.4, -0.2) is 24.3 Å². The van der Waals surface area contributed by atoms with E-state index in [1.54, 1.807) is 0 Å². The number of carbonyl (C=O) groups excluding carboxylic acids is 3. The summed E-state index contributed by atoms with van der Waals surface area (Å²) >= 11 is 0. The number of nitrogens with two attached hydrogens (primary N) is 2. The summed E-state index contributed by atoms with van der Waals surface area (Å²) in [5, 5.41) is 6.05. The largest absolute Gasteiger partial charge is 0.366 e. The Bertz CT molecular complexity index is 963. The van der Waals surface area contributed by atoms with E-state index >= 15 is 0 Å². The van der Waals surface area contributed by atoms with E-state index in [1.807, 2.05) is 0 Å². The van der Waals surface area contributed by atoms with Gasteiger partial charge in [0.1, 0.15) is 0 Å². The second kappa shape index (κ2) is 11.1. The number of anilines is 1. The van der Waals surface area contributed by atoms with E-state index in [4.69, 9.17) is 11.5 Å². The lowest BCUT2D eigenvalue weighted by Crippen LogP contribution is -2.33. The van der Waals surface area contributed by atoms with Gasteiger partial charge in [0.15, 0.2) is 0 Å². The van der Waals surface area contributed by atoms with Gasteiger partial charge in [0.25, 0.3) is 0 Å². The van der Waals surface area contributed by atoms with Gasteiger partial charge in [-0.15, -0.1) is 0 Å². The molecule has 0 heterocycles. The molecule has 33 heavy (non-hydrogen) atoms. The van der Waals surface area contributed by atoms with Crippen LogP contribution in [0.15, 0.2) is 42.5 Å². The van der Waals surface area contributed by atoms with Crippen LogP contribution >= 0.6 is 0 Å². The summed E-state index contributed by atoms with van der Waals surface area (Å²) in [6.07, 6.45) is 6.48. The third-order valence-electron chi connectivity index (χ3n) is 6.31. The standard InChI is InChI=1S/C26H34N4O3/c1-16(2)24(19-10-8-18(9-11-19)17-6-4-3-5-7-17)29-15-23(31)30-22-13-20(25(27)32)12-21(14-22)26(28)33/h8-14,16-17,24,29H,3-7,15H2,1-2H3,(H2,27,32)(H2,28,33)(H,30,31)/t24-/m0/s1. The van der Waals surface area contributed by atoms with Gasteiger partial charge in [-0.05, 0) is 54.0 Å². The number of benzene rings is 2. The Kier molecular flexibility index (Phi) is 8.22. The molecule has 2 aromatic carbocycles. The first kappa shape index (κ1) is 24.5. The second-order valence-corrected chi connectivity index (χ2v) is 9.18. The topological polar surface area (TPSA) is 127 Å². The Morgan fingerprint density at radius 1 is 0.909 bits per heavy atom. The van der Waals surface area contributed by atoms with Crippen LogP contribution in [0.1, 0.15) is 89.8 Å². The predicted octanol–water partition coefficient (Wildman–Crippen LogP) is 3.86. The van der Waals surface area contributed by atoms with Gasteiger partial charge in [0.05, 0.1) is 6.54 Å². The molecule has 3 rings (SSSR count). The van der Waals surface area contributed by atoms with Gasteiger partial charge in [-0.1, -0.05) is 57.4 Å². The molecule has 1 fully saturated rings. The first-order chi connectivity index (χ1) is 15.7. The summed E-state index contributed by atoms with van der Waals surface area (Å²) in [6.45, 7) is 4.29. The zero-order valence-corrected chi connectivity index (χ0v) is 19.4. The third-order valence-corrected chi connectivity index (χ3v) is 6.31. The average molecular weight is 451 g/mol. The molecule has 1 atom stereocenters. The maximum absolute atomic E-state index is 12.6. The van der Waals surface area contributed by atoms with E-state index in [-0.39, 0.29) is 35.5 Å². The van der Waals surface area contributed by atoms with Crippen LogP contribution in [0, 0.1) is 5.92 Å². The number of hydrogen-bond acceptors (Lipinski definition) is 4. The van der Waals surface area contributed by atoms with Gasteiger partial charge in [-0.3, -0.25) is 14.4 Å². The van der Waals surface area contributed by atoms with Crippen molar-refractivity contribution >= 4 is 23.4 Å². The Balaban J connectivity index is 1.65. The summed E-state index contributed by atoms with van der Waals surface area (Å²) in [7, 11) is 0. The van der Waals surface area contributed by atoms with Crippen LogP contribution in [-0.2, 0) is 4.79 Å². The van der Waals surface area contributed by atoms with Gasteiger partial charge < -0.3 is 22.1 Å². The lowest BCUT2D eigenvalue weighted by molar-refractivity contribution is -0.115. The Labute approximate surface area is 195 Å². The van der Waals surface area contributed by atoms with E-state index in [9.17, 15) is 14.4 Å². The van der Waals surface area contributed by atoms with Crippen molar-refractivity contribution in [1.82, 2.24) is 5.32 Å². The molecule has 0 radical (unpaired) electrons. The number of rotatable bonds is 9. The second-order valence-electron chi connectivity index (χ2n) is 9.18. The molecule has 1 saturated carbocycles. The number of carbonyl (C=O) groups is 3. The number of primary amides is 2. The highest BCUT2D eigenvalue weighted by Gasteiger charge is 2.19. The van der Waals surface area contributed by atoms with Crippen molar-refractivity contribution in [3.8, 4) is 0 Å². The molecule has 7 heteroatoms. The van der Waals surface area contributed by atoms with Gasteiger partial charge in [-0.2, -0.15) is 0 Å². The van der Waals surface area contributed by atoms with Crippen LogP contribution < -0.4 is 22.1 Å². The lowest BCUT2D eigenvalue weighted by Gasteiger charge is -2.25. The normalized spacial score (nSPS) is 15.2. The molecule has 176 valence electrons. The molecule has 0 unspecified atom stereocenters. The monoisotopic (exact) mass is 450 g/mol. The summed E-state index contributed by atoms with van der Waals surface area (Å²) in [5.41, 5.74) is 13.7. The summed E-state index contributed by atoms with van der Waals surface area (Å²) < 4.78 is 0. The third kappa shape index (κ3) is 6.65. The van der Waals surface area contributed by atoms with Crippen LogP contribution in [0.2, 0.25) is 0 Å². The fraction of sp³-hybridized carbons (Fsp3) is 0.423. The van der Waals surface area contributed by atoms with E-state index in [2.05, 4.69) is 48.7 Å².